The molecule has 0 fully saturated rings. The normalized spacial score (nSPS) is 10.4. The molecular formula is C15H16N2O4. The molecule has 21 heavy (non-hydrogen) atoms. The summed E-state index contributed by atoms with van der Waals surface area (Å²) in [4.78, 5) is 29.0. The maximum Gasteiger partial charge on any atom is 0.338 e. The second-order valence-electron chi connectivity index (χ2n) is 4.59. The van der Waals surface area contributed by atoms with Crippen LogP contribution >= 0.6 is 0 Å². The Morgan fingerprint density at radius 1 is 1.38 bits per heavy atom. The topological polar surface area (TPSA) is 83.6 Å². The van der Waals surface area contributed by atoms with E-state index in [0.29, 0.717) is 13.1 Å². The first kappa shape index (κ1) is 14.8. The van der Waals surface area contributed by atoms with Crippen LogP contribution in [-0.2, 0) is 6.54 Å². The second-order valence-corrected chi connectivity index (χ2v) is 4.59. The van der Waals surface area contributed by atoms with Gasteiger partial charge in [-0.05, 0) is 26.0 Å². The van der Waals surface area contributed by atoms with E-state index in [2.05, 4.69) is 4.98 Å². The molecule has 0 atom stereocenters. The number of carbonyl (C=O) groups is 2. The highest BCUT2D eigenvalue weighted by Crippen LogP contribution is 2.13. The van der Waals surface area contributed by atoms with Crippen LogP contribution in [0.3, 0.4) is 0 Å². The van der Waals surface area contributed by atoms with Crippen molar-refractivity contribution in [2.75, 3.05) is 6.54 Å². The number of amides is 1. The predicted molar refractivity (Wildman–Crippen MR) is 75.1 cm³/mol. The first-order chi connectivity index (χ1) is 10.0. The number of nitrogens with zero attached hydrogens (tertiary/aromatic N) is 2. The molecule has 0 spiro atoms. The Hall–Kier alpha value is -2.63. The SMILES string of the molecule is CCN(Cc1cccc(C)n1)C(=O)c1cc(C(=O)O)co1. The first-order valence-electron chi connectivity index (χ1n) is 6.55. The molecule has 6 heteroatoms. The van der Waals surface area contributed by atoms with Crippen LogP contribution in [0.4, 0.5) is 0 Å². The number of aromatic carboxylic acids is 1. The molecule has 0 bridgehead atoms. The van der Waals surface area contributed by atoms with E-state index in [1.807, 2.05) is 32.0 Å². The van der Waals surface area contributed by atoms with E-state index in [4.69, 9.17) is 9.52 Å². The summed E-state index contributed by atoms with van der Waals surface area (Å²) < 4.78 is 5.04. The third-order valence-electron chi connectivity index (χ3n) is 3.02. The number of hydrogen-bond donors (Lipinski definition) is 1. The zero-order valence-corrected chi connectivity index (χ0v) is 11.9. The van der Waals surface area contributed by atoms with Crippen molar-refractivity contribution >= 4 is 11.9 Å². The molecule has 0 saturated carbocycles. The van der Waals surface area contributed by atoms with E-state index in [1.165, 1.54) is 6.07 Å². The average molecular weight is 288 g/mol. The number of rotatable bonds is 5. The van der Waals surface area contributed by atoms with Crippen molar-refractivity contribution in [3.63, 3.8) is 0 Å². The fraction of sp³-hybridized carbons (Fsp3) is 0.267. The van der Waals surface area contributed by atoms with E-state index in [0.717, 1.165) is 17.7 Å². The highest BCUT2D eigenvalue weighted by Gasteiger charge is 2.20. The fourth-order valence-corrected chi connectivity index (χ4v) is 1.93. The van der Waals surface area contributed by atoms with E-state index >= 15 is 0 Å². The van der Waals surface area contributed by atoms with Gasteiger partial charge in [-0.15, -0.1) is 0 Å². The summed E-state index contributed by atoms with van der Waals surface area (Å²) >= 11 is 0. The summed E-state index contributed by atoms with van der Waals surface area (Å²) in [5, 5.41) is 8.85. The zero-order valence-electron chi connectivity index (χ0n) is 11.9. The third-order valence-corrected chi connectivity index (χ3v) is 3.02. The molecule has 2 aromatic rings. The van der Waals surface area contributed by atoms with Crippen molar-refractivity contribution in [3.05, 3.63) is 53.2 Å². The molecule has 1 N–H and O–H groups in total. The molecule has 0 radical (unpaired) electrons. The summed E-state index contributed by atoms with van der Waals surface area (Å²) in [6, 6.07) is 6.84. The van der Waals surface area contributed by atoms with E-state index in [9.17, 15) is 9.59 Å². The largest absolute Gasteiger partial charge is 0.478 e. The minimum Gasteiger partial charge on any atom is -0.478 e. The number of carboxylic acid groups (broad SMARTS) is 1. The minimum atomic E-state index is -1.12. The molecule has 110 valence electrons. The van der Waals surface area contributed by atoms with Crippen LogP contribution in [0.15, 0.2) is 34.9 Å². The van der Waals surface area contributed by atoms with Crippen molar-refractivity contribution in [2.45, 2.75) is 20.4 Å². The summed E-state index contributed by atoms with van der Waals surface area (Å²) in [6.07, 6.45) is 1.06. The molecule has 0 aromatic carbocycles. The van der Waals surface area contributed by atoms with Gasteiger partial charge >= 0.3 is 5.97 Å². The van der Waals surface area contributed by atoms with Crippen molar-refractivity contribution in [1.29, 1.82) is 0 Å². The van der Waals surface area contributed by atoms with E-state index in [-0.39, 0.29) is 17.2 Å². The predicted octanol–water partition coefficient (Wildman–Crippen LogP) is 2.34. The fourth-order valence-electron chi connectivity index (χ4n) is 1.93. The van der Waals surface area contributed by atoms with Crippen molar-refractivity contribution in [3.8, 4) is 0 Å². The van der Waals surface area contributed by atoms with Gasteiger partial charge in [0.2, 0.25) is 0 Å². The van der Waals surface area contributed by atoms with Gasteiger partial charge in [0.25, 0.3) is 5.91 Å². The maximum absolute atomic E-state index is 12.3. The van der Waals surface area contributed by atoms with Gasteiger partial charge in [-0.1, -0.05) is 6.07 Å². The minimum absolute atomic E-state index is 0.0157. The van der Waals surface area contributed by atoms with Crippen LogP contribution in [0, 0.1) is 6.92 Å². The lowest BCUT2D eigenvalue weighted by molar-refractivity contribution is 0.0693. The monoisotopic (exact) mass is 288 g/mol. The number of carbonyl (C=O) groups excluding carboxylic acids is 1. The summed E-state index contributed by atoms with van der Waals surface area (Å²) in [6.45, 7) is 4.54. The van der Waals surface area contributed by atoms with Gasteiger partial charge in [0.1, 0.15) is 6.26 Å². The van der Waals surface area contributed by atoms with Crippen LogP contribution < -0.4 is 0 Å². The highest BCUT2D eigenvalue weighted by molar-refractivity contribution is 5.95. The highest BCUT2D eigenvalue weighted by atomic mass is 16.4. The zero-order chi connectivity index (χ0) is 15.4. The van der Waals surface area contributed by atoms with Crippen LogP contribution in [-0.4, -0.2) is 33.4 Å². The number of aryl methyl sites for hydroxylation is 1. The summed E-state index contributed by atoms with van der Waals surface area (Å²) in [5.41, 5.74) is 1.61. The Morgan fingerprint density at radius 2 is 2.14 bits per heavy atom. The van der Waals surface area contributed by atoms with E-state index in [1.54, 1.807) is 4.90 Å². The molecule has 6 nitrogen and oxygen atoms in total. The number of aromatic nitrogens is 1. The summed E-state index contributed by atoms with van der Waals surface area (Å²) in [7, 11) is 0. The molecule has 0 unspecified atom stereocenters. The summed E-state index contributed by atoms with van der Waals surface area (Å²) in [5.74, 6) is -1.46. The standard InChI is InChI=1S/C15H16N2O4/c1-3-17(8-12-6-4-5-10(2)16-12)14(18)13-7-11(9-21-13)15(19)20/h4-7,9H,3,8H2,1-2H3,(H,19,20). The lowest BCUT2D eigenvalue weighted by Crippen LogP contribution is -2.30. The number of hydrogen-bond acceptors (Lipinski definition) is 4. The lowest BCUT2D eigenvalue weighted by atomic mass is 10.2. The number of furan rings is 1. The molecule has 0 saturated heterocycles. The Bertz CT molecular complexity index is 663. The Morgan fingerprint density at radius 3 is 2.71 bits per heavy atom. The molecule has 0 aliphatic rings. The van der Waals surface area contributed by atoms with Crippen LogP contribution in [0.2, 0.25) is 0 Å². The molecule has 2 aromatic heterocycles. The van der Waals surface area contributed by atoms with Crippen molar-refractivity contribution < 1.29 is 19.1 Å². The van der Waals surface area contributed by atoms with Crippen molar-refractivity contribution in [2.24, 2.45) is 0 Å². The molecule has 0 aliphatic heterocycles. The van der Waals surface area contributed by atoms with Crippen LogP contribution in [0.25, 0.3) is 0 Å². The molecular weight excluding hydrogens is 272 g/mol. The smallest absolute Gasteiger partial charge is 0.338 e. The Balaban J connectivity index is 2.16. The molecule has 2 heterocycles. The lowest BCUT2D eigenvalue weighted by Gasteiger charge is -2.19. The van der Waals surface area contributed by atoms with Gasteiger partial charge in [-0.3, -0.25) is 9.78 Å². The van der Waals surface area contributed by atoms with Gasteiger partial charge in [-0.2, -0.15) is 0 Å². The van der Waals surface area contributed by atoms with Gasteiger partial charge in [0.15, 0.2) is 5.76 Å². The van der Waals surface area contributed by atoms with Gasteiger partial charge in [0.05, 0.1) is 17.8 Å². The number of carboxylic acids is 1. The third kappa shape index (κ3) is 3.47. The average Bonchev–Trinajstić information content (AvgIpc) is 2.94. The number of pyridine rings is 1. The van der Waals surface area contributed by atoms with Crippen LogP contribution in [0.1, 0.15) is 39.2 Å². The van der Waals surface area contributed by atoms with Gasteiger partial charge in [-0.25, -0.2) is 4.79 Å². The molecule has 1 amide bonds. The van der Waals surface area contributed by atoms with Crippen LogP contribution in [0.5, 0.6) is 0 Å². The van der Waals surface area contributed by atoms with Gasteiger partial charge < -0.3 is 14.4 Å². The molecule has 2 rings (SSSR count). The first-order valence-corrected chi connectivity index (χ1v) is 6.55. The van der Waals surface area contributed by atoms with Gasteiger partial charge in [0, 0.05) is 18.3 Å². The molecule has 0 aliphatic carbocycles. The quantitative estimate of drug-likeness (QED) is 0.913. The van der Waals surface area contributed by atoms with Crippen molar-refractivity contribution in [1.82, 2.24) is 9.88 Å². The Kier molecular flexibility index (Phi) is 4.37. The second kappa shape index (κ2) is 6.21. The Labute approximate surface area is 122 Å². The van der Waals surface area contributed by atoms with E-state index < -0.39 is 5.97 Å². The maximum atomic E-state index is 12.3.